The molecule has 1 rings (SSSR count). The van der Waals surface area contributed by atoms with Crippen molar-refractivity contribution in [1.82, 2.24) is 0 Å². The summed E-state index contributed by atoms with van der Waals surface area (Å²) < 4.78 is 0. The van der Waals surface area contributed by atoms with Crippen molar-refractivity contribution in [1.29, 1.82) is 0 Å². The summed E-state index contributed by atoms with van der Waals surface area (Å²) in [7, 11) is 0. The van der Waals surface area contributed by atoms with Crippen LogP contribution in [0.15, 0.2) is 36.9 Å². The van der Waals surface area contributed by atoms with Crippen molar-refractivity contribution in [3.63, 3.8) is 0 Å². The molecule has 0 aromatic heterocycles. The summed E-state index contributed by atoms with van der Waals surface area (Å²) in [5, 5.41) is 2.68. The van der Waals surface area contributed by atoms with E-state index in [9.17, 15) is 4.79 Å². The van der Waals surface area contributed by atoms with E-state index in [1.54, 1.807) is 6.08 Å². The number of carbonyl (C=O) groups excluding carboxylic acids is 1. The van der Waals surface area contributed by atoms with Crippen molar-refractivity contribution in [2.45, 2.75) is 13.0 Å². The topological polar surface area (TPSA) is 55.1 Å². The fourth-order valence-electron chi connectivity index (χ4n) is 1.13. The minimum absolute atomic E-state index is 0.0780. The third kappa shape index (κ3) is 2.71. The molecule has 0 aliphatic rings. The molecular formula is C11H14N2O. The summed E-state index contributed by atoms with van der Waals surface area (Å²) in [6.07, 6.45) is 1.67. The van der Waals surface area contributed by atoms with Crippen molar-refractivity contribution in [3.8, 4) is 0 Å². The zero-order chi connectivity index (χ0) is 10.6. The smallest absolute Gasteiger partial charge is 0.221 e. The van der Waals surface area contributed by atoms with E-state index in [-0.39, 0.29) is 11.9 Å². The minimum atomic E-state index is -0.152. The van der Waals surface area contributed by atoms with Gasteiger partial charge in [0, 0.05) is 18.7 Å². The van der Waals surface area contributed by atoms with Gasteiger partial charge in [0.05, 0.1) is 0 Å². The molecule has 0 aliphatic heterocycles. The Morgan fingerprint density at radius 2 is 2.07 bits per heavy atom. The van der Waals surface area contributed by atoms with Crippen LogP contribution in [0.4, 0.5) is 5.69 Å². The first-order valence-corrected chi connectivity index (χ1v) is 4.39. The molecular weight excluding hydrogens is 176 g/mol. The molecule has 74 valence electrons. The van der Waals surface area contributed by atoms with E-state index in [0.29, 0.717) is 0 Å². The van der Waals surface area contributed by atoms with Gasteiger partial charge in [0.15, 0.2) is 0 Å². The molecule has 0 unspecified atom stereocenters. The highest BCUT2D eigenvalue weighted by molar-refractivity contribution is 5.88. The van der Waals surface area contributed by atoms with Crippen LogP contribution in [0.3, 0.4) is 0 Å². The Morgan fingerprint density at radius 3 is 2.50 bits per heavy atom. The van der Waals surface area contributed by atoms with Gasteiger partial charge >= 0.3 is 0 Å². The quantitative estimate of drug-likeness (QED) is 0.714. The molecule has 0 bridgehead atoms. The molecule has 0 aliphatic carbocycles. The number of benzene rings is 1. The normalized spacial score (nSPS) is 11.9. The van der Waals surface area contributed by atoms with Crippen LogP contribution in [0.2, 0.25) is 0 Å². The molecule has 1 aromatic rings. The predicted octanol–water partition coefficient (Wildman–Crippen LogP) is 1.83. The molecule has 1 atom stereocenters. The number of hydrogen-bond donors (Lipinski definition) is 2. The van der Waals surface area contributed by atoms with Crippen LogP contribution >= 0.6 is 0 Å². The molecule has 0 saturated heterocycles. The summed E-state index contributed by atoms with van der Waals surface area (Å²) in [6, 6.07) is 7.23. The number of nitrogens with two attached hydrogens (primary N) is 1. The van der Waals surface area contributed by atoms with Crippen LogP contribution in [-0.4, -0.2) is 5.91 Å². The van der Waals surface area contributed by atoms with E-state index in [1.165, 1.54) is 6.92 Å². The molecule has 3 nitrogen and oxygen atoms in total. The van der Waals surface area contributed by atoms with E-state index >= 15 is 0 Å². The van der Waals surface area contributed by atoms with Crippen LogP contribution in [-0.2, 0) is 4.79 Å². The molecule has 3 N–H and O–H groups in total. The van der Waals surface area contributed by atoms with E-state index in [1.807, 2.05) is 24.3 Å². The number of nitrogens with one attached hydrogen (secondary N) is 1. The van der Waals surface area contributed by atoms with Gasteiger partial charge in [-0.15, -0.1) is 6.58 Å². The van der Waals surface area contributed by atoms with Crippen LogP contribution in [0.5, 0.6) is 0 Å². The standard InChI is InChI=1S/C11H14N2O/c1-3-11(12)9-4-6-10(7-5-9)13-8(2)14/h3-7,11H,1,12H2,2H3,(H,13,14)/t11-/m1/s1. The van der Waals surface area contributed by atoms with Crippen molar-refractivity contribution >= 4 is 11.6 Å². The fourth-order valence-corrected chi connectivity index (χ4v) is 1.13. The Balaban J connectivity index is 2.78. The molecule has 1 aromatic carbocycles. The van der Waals surface area contributed by atoms with Gasteiger partial charge in [-0.3, -0.25) is 4.79 Å². The largest absolute Gasteiger partial charge is 0.326 e. The van der Waals surface area contributed by atoms with E-state index in [0.717, 1.165) is 11.3 Å². The summed E-state index contributed by atoms with van der Waals surface area (Å²) >= 11 is 0. The summed E-state index contributed by atoms with van der Waals surface area (Å²) in [4.78, 5) is 10.7. The third-order valence-corrected chi connectivity index (χ3v) is 1.87. The average molecular weight is 190 g/mol. The fraction of sp³-hybridized carbons (Fsp3) is 0.182. The summed E-state index contributed by atoms with van der Waals surface area (Å²) in [5.74, 6) is -0.0780. The summed E-state index contributed by atoms with van der Waals surface area (Å²) in [6.45, 7) is 5.09. The van der Waals surface area contributed by atoms with E-state index < -0.39 is 0 Å². The first-order chi connectivity index (χ1) is 6.63. The maximum Gasteiger partial charge on any atom is 0.221 e. The van der Waals surface area contributed by atoms with E-state index in [4.69, 9.17) is 5.73 Å². The molecule has 0 radical (unpaired) electrons. The Labute approximate surface area is 83.6 Å². The Hall–Kier alpha value is -1.61. The first kappa shape index (κ1) is 10.5. The molecule has 1 amide bonds. The zero-order valence-electron chi connectivity index (χ0n) is 8.16. The number of anilines is 1. The Morgan fingerprint density at radius 1 is 1.50 bits per heavy atom. The lowest BCUT2D eigenvalue weighted by atomic mass is 10.1. The number of rotatable bonds is 3. The zero-order valence-corrected chi connectivity index (χ0v) is 8.16. The van der Waals surface area contributed by atoms with E-state index in [2.05, 4.69) is 11.9 Å². The van der Waals surface area contributed by atoms with Gasteiger partial charge in [0.25, 0.3) is 0 Å². The molecule has 0 saturated carbocycles. The number of hydrogen-bond acceptors (Lipinski definition) is 2. The van der Waals surface area contributed by atoms with Gasteiger partial charge < -0.3 is 11.1 Å². The first-order valence-electron chi connectivity index (χ1n) is 4.39. The predicted molar refractivity (Wildman–Crippen MR) is 57.9 cm³/mol. The minimum Gasteiger partial charge on any atom is -0.326 e. The second-order valence-corrected chi connectivity index (χ2v) is 3.06. The van der Waals surface area contributed by atoms with Crippen molar-refractivity contribution in [2.75, 3.05) is 5.32 Å². The number of carbonyl (C=O) groups is 1. The van der Waals surface area contributed by atoms with Crippen molar-refractivity contribution in [2.24, 2.45) is 5.73 Å². The molecule has 3 heteroatoms. The lowest BCUT2D eigenvalue weighted by Crippen LogP contribution is -2.08. The van der Waals surface area contributed by atoms with Crippen molar-refractivity contribution < 1.29 is 4.79 Å². The maximum atomic E-state index is 10.7. The SMILES string of the molecule is C=C[C@@H](N)c1ccc(NC(C)=O)cc1. The van der Waals surface area contributed by atoms with Crippen molar-refractivity contribution in [3.05, 3.63) is 42.5 Å². The van der Waals surface area contributed by atoms with Gasteiger partial charge in [-0.05, 0) is 17.7 Å². The Bertz CT molecular complexity index is 330. The maximum absolute atomic E-state index is 10.7. The van der Waals surface area contributed by atoms with Gasteiger partial charge in [0.2, 0.25) is 5.91 Å². The van der Waals surface area contributed by atoms with Crippen LogP contribution in [0, 0.1) is 0 Å². The highest BCUT2D eigenvalue weighted by Gasteiger charge is 2.00. The van der Waals surface area contributed by atoms with Crippen LogP contribution in [0.1, 0.15) is 18.5 Å². The number of amides is 1. The molecule has 0 heterocycles. The lowest BCUT2D eigenvalue weighted by molar-refractivity contribution is -0.114. The van der Waals surface area contributed by atoms with Gasteiger partial charge in [-0.1, -0.05) is 18.2 Å². The Kier molecular flexibility index (Phi) is 3.42. The second-order valence-electron chi connectivity index (χ2n) is 3.06. The highest BCUT2D eigenvalue weighted by atomic mass is 16.1. The monoisotopic (exact) mass is 190 g/mol. The molecule has 0 fully saturated rings. The summed E-state index contributed by atoms with van der Waals surface area (Å²) in [5.41, 5.74) is 7.50. The second kappa shape index (κ2) is 4.58. The van der Waals surface area contributed by atoms with Crippen LogP contribution < -0.4 is 11.1 Å². The van der Waals surface area contributed by atoms with Gasteiger partial charge in [-0.25, -0.2) is 0 Å². The van der Waals surface area contributed by atoms with Gasteiger partial charge in [0.1, 0.15) is 0 Å². The third-order valence-electron chi connectivity index (χ3n) is 1.87. The van der Waals surface area contributed by atoms with Crippen LogP contribution in [0.25, 0.3) is 0 Å². The van der Waals surface area contributed by atoms with Gasteiger partial charge in [-0.2, -0.15) is 0 Å². The average Bonchev–Trinajstić information content (AvgIpc) is 2.17. The highest BCUT2D eigenvalue weighted by Crippen LogP contribution is 2.14. The molecule has 0 spiro atoms. The lowest BCUT2D eigenvalue weighted by Gasteiger charge is -2.07. The molecule has 14 heavy (non-hydrogen) atoms.